The Labute approximate surface area is 156 Å². The number of nitrogens with one attached hydrogen (secondary N) is 1. The van der Waals surface area contributed by atoms with Crippen molar-refractivity contribution in [3.63, 3.8) is 0 Å². The van der Waals surface area contributed by atoms with E-state index in [1.165, 1.54) is 29.8 Å². The number of alkyl halides is 3. The molecule has 2 aromatic carbocycles. The van der Waals surface area contributed by atoms with Gasteiger partial charge in [0.2, 0.25) is 5.91 Å². The Morgan fingerprint density at radius 3 is 2.15 bits per heavy atom. The lowest BCUT2D eigenvalue weighted by atomic mass is 10.1. The van der Waals surface area contributed by atoms with Crippen LogP contribution in [0.1, 0.15) is 17.5 Å². The maximum Gasteiger partial charge on any atom is 0.573 e. The van der Waals surface area contributed by atoms with Gasteiger partial charge in [-0.25, -0.2) is 0 Å². The van der Waals surface area contributed by atoms with Gasteiger partial charge in [0.25, 0.3) is 0 Å². The van der Waals surface area contributed by atoms with E-state index in [9.17, 15) is 18.0 Å². The molecule has 146 valence electrons. The molecule has 0 spiro atoms. The Hall–Kier alpha value is -2.70. The zero-order chi connectivity index (χ0) is 19.9. The monoisotopic (exact) mass is 380 g/mol. The van der Waals surface area contributed by atoms with Crippen LogP contribution in [0.25, 0.3) is 0 Å². The summed E-state index contributed by atoms with van der Waals surface area (Å²) in [4.78, 5) is 14.0. The smallest absolute Gasteiger partial charge is 0.406 e. The normalized spacial score (nSPS) is 11.1. The molecule has 0 fully saturated rings. The predicted octanol–water partition coefficient (Wildman–Crippen LogP) is 3.94. The highest BCUT2D eigenvalue weighted by molar-refractivity contribution is 5.78. The topological polar surface area (TPSA) is 41.6 Å². The fourth-order valence-electron chi connectivity index (χ4n) is 2.54. The molecular weight excluding hydrogens is 357 g/mol. The van der Waals surface area contributed by atoms with Gasteiger partial charge in [-0.3, -0.25) is 4.79 Å². The van der Waals surface area contributed by atoms with E-state index in [0.29, 0.717) is 12.1 Å². The number of carbonyl (C=O) groups excluding carboxylic acids is 1. The van der Waals surface area contributed by atoms with Gasteiger partial charge >= 0.3 is 6.36 Å². The molecule has 0 aromatic heterocycles. The first-order valence-corrected chi connectivity index (χ1v) is 8.60. The summed E-state index contributed by atoms with van der Waals surface area (Å²) < 4.78 is 40.1. The van der Waals surface area contributed by atoms with Crippen LogP contribution in [0.15, 0.2) is 48.5 Å². The van der Waals surface area contributed by atoms with Crippen LogP contribution in [0, 0.1) is 0 Å². The molecule has 0 aliphatic heterocycles. The lowest BCUT2D eigenvalue weighted by Crippen LogP contribution is -2.26. The van der Waals surface area contributed by atoms with E-state index < -0.39 is 6.36 Å². The zero-order valence-corrected chi connectivity index (χ0v) is 15.3. The van der Waals surface area contributed by atoms with Gasteiger partial charge in [0.15, 0.2) is 0 Å². The molecule has 7 heteroatoms. The third-order valence-electron chi connectivity index (χ3n) is 3.94. The molecule has 2 aromatic rings. The molecule has 0 saturated carbocycles. The molecule has 0 radical (unpaired) electrons. The van der Waals surface area contributed by atoms with Crippen molar-refractivity contribution in [1.82, 2.24) is 5.32 Å². The fraction of sp³-hybridized carbons (Fsp3) is 0.350. The number of aryl methyl sites for hydroxylation is 1. The first-order valence-electron chi connectivity index (χ1n) is 8.60. The average molecular weight is 380 g/mol. The van der Waals surface area contributed by atoms with E-state index in [1.807, 2.05) is 19.0 Å². The van der Waals surface area contributed by atoms with E-state index in [1.54, 1.807) is 0 Å². The fourth-order valence-corrected chi connectivity index (χ4v) is 2.54. The molecule has 27 heavy (non-hydrogen) atoms. The number of hydrogen-bond acceptors (Lipinski definition) is 3. The van der Waals surface area contributed by atoms with E-state index in [4.69, 9.17) is 0 Å². The van der Waals surface area contributed by atoms with Crippen molar-refractivity contribution in [2.45, 2.75) is 25.6 Å². The summed E-state index contributed by atoms with van der Waals surface area (Å²) in [6, 6.07) is 13.6. The van der Waals surface area contributed by atoms with E-state index >= 15 is 0 Å². The second kappa shape index (κ2) is 9.30. The number of hydrogen-bond donors (Lipinski definition) is 1. The highest BCUT2D eigenvalue weighted by atomic mass is 19.4. The van der Waals surface area contributed by atoms with Crippen LogP contribution in [0.3, 0.4) is 0 Å². The second-order valence-electron chi connectivity index (χ2n) is 6.38. The molecule has 0 heterocycles. The summed E-state index contributed by atoms with van der Waals surface area (Å²) in [6.45, 7) is 0.545. The van der Waals surface area contributed by atoms with Crippen LogP contribution in [-0.4, -0.2) is 32.9 Å². The Morgan fingerprint density at radius 1 is 1.00 bits per heavy atom. The highest BCUT2D eigenvalue weighted by Crippen LogP contribution is 2.22. The van der Waals surface area contributed by atoms with Crippen LogP contribution in [0.4, 0.5) is 18.9 Å². The van der Waals surface area contributed by atoms with Crippen molar-refractivity contribution < 1.29 is 22.7 Å². The van der Waals surface area contributed by atoms with Crippen molar-refractivity contribution in [3.8, 4) is 5.75 Å². The Morgan fingerprint density at radius 2 is 1.59 bits per heavy atom. The van der Waals surface area contributed by atoms with Crippen LogP contribution in [0.2, 0.25) is 0 Å². The minimum atomic E-state index is -4.72. The molecular formula is C20H23F3N2O2. The minimum Gasteiger partial charge on any atom is -0.406 e. The van der Waals surface area contributed by atoms with Gasteiger partial charge in [-0.05, 0) is 48.2 Å². The van der Waals surface area contributed by atoms with Gasteiger partial charge in [0.1, 0.15) is 5.75 Å². The largest absolute Gasteiger partial charge is 0.573 e. The molecule has 1 amide bonds. The summed E-state index contributed by atoms with van der Waals surface area (Å²) in [5.41, 5.74) is 2.97. The van der Waals surface area contributed by atoms with E-state index in [0.717, 1.165) is 18.5 Å². The molecule has 0 saturated heterocycles. The Kier molecular flexibility index (Phi) is 7.10. The third-order valence-corrected chi connectivity index (χ3v) is 3.94. The number of nitrogens with zero attached hydrogens (tertiary/aromatic N) is 1. The summed E-state index contributed by atoms with van der Waals surface area (Å²) in [7, 11) is 3.98. The van der Waals surface area contributed by atoms with Gasteiger partial charge in [-0.1, -0.05) is 24.3 Å². The van der Waals surface area contributed by atoms with Gasteiger partial charge in [-0.2, -0.15) is 0 Å². The predicted molar refractivity (Wildman–Crippen MR) is 98.9 cm³/mol. The van der Waals surface area contributed by atoms with Gasteiger partial charge < -0.3 is 15.0 Å². The highest BCUT2D eigenvalue weighted by Gasteiger charge is 2.30. The van der Waals surface area contributed by atoms with Gasteiger partial charge in [0.05, 0.1) is 6.42 Å². The number of carbonyl (C=O) groups is 1. The Bertz CT molecular complexity index is 726. The summed E-state index contributed by atoms with van der Waals surface area (Å²) >= 11 is 0. The standard InChI is InChI=1S/C20H23F3N2O2/c1-25(2)17-9-5-15(6-10-17)4-3-13-24-19(26)14-16-7-11-18(12-8-16)27-20(21,22)23/h5-12H,3-4,13-14H2,1-2H3,(H,24,26). The van der Waals surface area contributed by atoms with Crippen LogP contribution in [0.5, 0.6) is 5.75 Å². The van der Waals surface area contributed by atoms with Gasteiger partial charge in [-0.15, -0.1) is 13.2 Å². The number of halogens is 3. The van der Waals surface area contributed by atoms with Crippen LogP contribution >= 0.6 is 0 Å². The first kappa shape index (κ1) is 20.6. The van der Waals surface area contributed by atoms with Gasteiger partial charge in [0, 0.05) is 26.3 Å². The number of anilines is 1. The van der Waals surface area contributed by atoms with E-state index in [-0.39, 0.29) is 18.1 Å². The lowest BCUT2D eigenvalue weighted by Gasteiger charge is -2.12. The number of amides is 1. The third kappa shape index (κ3) is 7.60. The number of ether oxygens (including phenoxy) is 1. The molecule has 0 unspecified atom stereocenters. The second-order valence-corrected chi connectivity index (χ2v) is 6.38. The molecule has 0 atom stereocenters. The number of rotatable bonds is 8. The number of benzene rings is 2. The molecule has 1 N–H and O–H groups in total. The summed E-state index contributed by atoms with van der Waals surface area (Å²) in [5, 5.41) is 2.83. The quantitative estimate of drug-likeness (QED) is 0.706. The van der Waals surface area contributed by atoms with E-state index in [2.05, 4.69) is 34.3 Å². The van der Waals surface area contributed by atoms with Crippen molar-refractivity contribution >= 4 is 11.6 Å². The lowest BCUT2D eigenvalue weighted by molar-refractivity contribution is -0.274. The molecule has 2 rings (SSSR count). The average Bonchev–Trinajstić information content (AvgIpc) is 2.59. The SMILES string of the molecule is CN(C)c1ccc(CCCNC(=O)Cc2ccc(OC(F)(F)F)cc2)cc1. The van der Waals surface area contributed by atoms with Crippen LogP contribution < -0.4 is 15.0 Å². The minimum absolute atomic E-state index is 0.115. The molecule has 0 aliphatic rings. The zero-order valence-electron chi connectivity index (χ0n) is 15.3. The Balaban J connectivity index is 1.70. The summed E-state index contributed by atoms with van der Waals surface area (Å²) in [5.74, 6) is -0.464. The van der Waals surface area contributed by atoms with Crippen molar-refractivity contribution in [2.75, 3.05) is 25.5 Å². The maximum absolute atomic E-state index is 12.1. The summed E-state index contributed by atoms with van der Waals surface area (Å²) in [6.07, 6.45) is -2.93. The molecule has 0 bridgehead atoms. The maximum atomic E-state index is 12.1. The molecule has 4 nitrogen and oxygen atoms in total. The molecule has 0 aliphatic carbocycles. The first-order chi connectivity index (χ1) is 12.7. The van der Waals surface area contributed by atoms with Crippen molar-refractivity contribution in [1.29, 1.82) is 0 Å². The van der Waals surface area contributed by atoms with Crippen LogP contribution in [-0.2, 0) is 17.6 Å². The van der Waals surface area contributed by atoms with Crippen molar-refractivity contribution in [2.24, 2.45) is 0 Å². The van der Waals surface area contributed by atoms with Crippen molar-refractivity contribution in [3.05, 3.63) is 59.7 Å².